The van der Waals surface area contributed by atoms with Crippen molar-refractivity contribution in [3.63, 3.8) is 0 Å². The number of aromatic nitrogens is 4. The van der Waals surface area contributed by atoms with Gasteiger partial charge in [-0.2, -0.15) is 0 Å². The second-order valence-corrected chi connectivity index (χ2v) is 17.5. The van der Waals surface area contributed by atoms with Gasteiger partial charge in [0.05, 0.1) is 42.1 Å². The van der Waals surface area contributed by atoms with Crippen LogP contribution in [0.2, 0.25) is 0 Å². The first-order valence-corrected chi connectivity index (χ1v) is 20.5. The van der Waals surface area contributed by atoms with E-state index in [9.17, 15) is 14.4 Å². The van der Waals surface area contributed by atoms with Crippen LogP contribution in [0.1, 0.15) is 96.0 Å². The molecule has 9 rings (SSSR count). The van der Waals surface area contributed by atoms with E-state index in [0.29, 0.717) is 19.1 Å². The summed E-state index contributed by atoms with van der Waals surface area (Å²) < 4.78 is 17.0. The van der Waals surface area contributed by atoms with Crippen molar-refractivity contribution in [3.8, 4) is 39.3 Å². The van der Waals surface area contributed by atoms with Gasteiger partial charge in [0.2, 0.25) is 5.91 Å². The number of piperidine rings is 1. The average molecular weight is 786 g/mol. The number of carbonyl (C=O) groups excluding carboxylic acids is 3. The zero-order valence-corrected chi connectivity index (χ0v) is 33.9. The molecule has 13 nitrogen and oxygen atoms in total. The molecule has 1 aliphatic carbocycles. The van der Waals surface area contributed by atoms with E-state index in [0.717, 1.165) is 99.6 Å². The minimum Gasteiger partial charge on any atom is -0.488 e. The van der Waals surface area contributed by atoms with E-state index in [1.165, 1.54) is 7.11 Å². The maximum atomic E-state index is 13.6. The van der Waals surface area contributed by atoms with E-state index in [1.807, 2.05) is 56.7 Å². The SMILES string of the molecule is COC(=O)NC(C(=O)N1CCC[C@H]1c1ncc(-c2ccc3c(c2)COc2cc(-c4ccc5nc([C@@H]6[C@H]7CC[C@H](C7)N6C(=O)OC(C)(C)C)[nH]c5c4)ccc2-3)[nH]1)C(C)C. The van der Waals surface area contributed by atoms with Crippen molar-refractivity contribution in [1.82, 2.24) is 35.1 Å². The molecule has 5 aromatic rings. The summed E-state index contributed by atoms with van der Waals surface area (Å²) in [5.41, 5.74) is 8.40. The molecule has 1 unspecified atom stereocenters. The zero-order valence-electron chi connectivity index (χ0n) is 33.9. The molecule has 3 aromatic carbocycles. The number of likely N-dealkylation sites (tertiary alicyclic amines) is 2. The summed E-state index contributed by atoms with van der Waals surface area (Å²) in [6.07, 6.45) is 5.65. The highest BCUT2D eigenvalue weighted by molar-refractivity contribution is 5.87. The van der Waals surface area contributed by atoms with Crippen LogP contribution in [-0.2, 0) is 20.9 Å². The van der Waals surface area contributed by atoms with Crippen molar-refractivity contribution in [1.29, 1.82) is 0 Å². The third-order valence-corrected chi connectivity index (χ3v) is 12.2. The summed E-state index contributed by atoms with van der Waals surface area (Å²) in [6.45, 7) is 10.6. The third-order valence-electron chi connectivity index (χ3n) is 12.2. The van der Waals surface area contributed by atoms with Gasteiger partial charge < -0.3 is 34.4 Å². The Hall–Kier alpha value is -5.85. The summed E-state index contributed by atoms with van der Waals surface area (Å²) in [6, 6.07) is 18.2. The van der Waals surface area contributed by atoms with Gasteiger partial charge in [-0.1, -0.05) is 44.2 Å². The van der Waals surface area contributed by atoms with Gasteiger partial charge >= 0.3 is 12.2 Å². The number of imidazole rings is 2. The van der Waals surface area contributed by atoms with Gasteiger partial charge in [0.25, 0.3) is 0 Å². The van der Waals surface area contributed by atoms with E-state index in [4.69, 9.17) is 24.2 Å². The van der Waals surface area contributed by atoms with Crippen LogP contribution < -0.4 is 10.1 Å². The Morgan fingerprint density at radius 2 is 1.71 bits per heavy atom. The number of nitrogens with zero attached hydrogens (tertiary/aromatic N) is 4. The first kappa shape index (κ1) is 37.7. The lowest BCUT2D eigenvalue weighted by molar-refractivity contribution is -0.135. The number of aromatic amines is 2. The molecule has 2 bridgehead atoms. The molecule has 13 heteroatoms. The Labute approximate surface area is 337 Å². The van der Waals surface area contributed by atoms with Crippen LogP contribution in [0.3, 0.4) is 0 Å². The van der Waals surface area contributed by atoms with Crippen LogP contribution in [0, 0.1) is 11.8 Å². The van der Waals surface area contributed by atoms with Gasteiger partial charge in [-0.05, 0) is 117 Å². The molecular weight excluding hydrogens is 735 g/mol. The Balaban J connectivity index is 0.921. The largest absolute Gasteiger partial charge is 0.488 e. The lowest BCUT2D eigenvalue weighted by Crippen LogP contribution is -2.51. The topological polar surface area (TPSA) is 155 Å². The van der Waals surface area contributed by atoms with Crippen LogP contribution in [0.25, 0.3) is 44.5 Å². The third kappa shape index (κ3) is 6.83. The molecule has 5 atom stereocenters. The number of carbonyl (C=O) groups is 3. The Morgan fingerprint density at radius 1 is 0.931 bits per heavy atom. The molecule has 3 N–H and O–H groups in total. The molecule has 5 heterocycles. The molecule has 302 valence electrons. The fourth-order valence-corrected chi connectivity index (χ4v) is 9.45. The predicted octanol–water partition coefficient (Wildman–Crippen LogP) is 8.68. The lowest BCUT2D eigenvalue weighted by Gasteiger charge is -2.35. The number of fused-ring (bicyclic) bond motifs is 6. The van der Waals surface area contributed by atoms with Crippen molar-refractivity contribution in [3.05, 3.63) is 78.0 Å². The normalized spacial score (nSPS) is 21.5. The monoisotopic (exact) mass is 785 g/mol. The van der Waals surface area contributed by atoms with Crippen LogP contribution >= 0.6 is 0 Å². The fraction of sp³-hybridized carbons (Fsp3) is 0.444. The number of nitrogens with one attached hydrogen (secondary N) is 3. The highest BCUT2D eigenvalue weighted by Gasteiger charge is 2.51. The van der Waals surface area contributed by atoms with E-state index in [2.05, 4.69) is 63.8 Å². The highest BCUT2D eigenvalue weighted by atomic mass is 16.6. The van der Waals surface area contributed by atoms with Crippen molar-refractivity contribution >= 4 is 29.1 Å². The van der Waals surface area contributed by atoms with Gasteiger partial charge in [0, 0.05) is 18.2 Å². The number of methoxy groups -OCH3 is 1. The summed E-state index contributed by atoms with van der Waals surface area (Å²) in [4.78, 5) is 59.5. The maximum absolute atomic E-state index is 13.6. The van der Waals surface area contributed by atoms with Crippen LogP contribution in [0.15, 0.2) is 60.8 Å². The van der Waals surface area contributed by atoms with Gasteiger partial charge in [-0.15, -0.1) is 0 Å². The van der Waals surface area contributed by atoms with Gasteiger partial charge in [-0.25, -0.2) is 19.6 Å². The minimum atomic E-state index is -0.688. The summed E-state index contributed by atoms with van der Waals surface area (Å²) in [5.74, 6) is 2.51. The molecule has 0 radical (unpaired) electrons. The molecule has 2 saturated heterocycles. The summed E-state index contributed by atoms with van der Waals surface area (Å²) in [7, 11) is 1.30. The molecular formula is C45H51N7O6. The standard InChI is InChI=1S/C45H51N7O6/c1-24(2)38(50-43(54)56-6)42(53)51-17-7-8-36(51)40-46-22-35(49-40)27-11-14-31-29(18-27)23-57-37-21-26(10-15-32(31)37)25-12-16-33-34(20-25)48-41(47-33)39-28-9-13-30(19-28)52(39)44(55)58-45(3,4)5/h10-12,14-16,18,20-22,24,28,30,36,38-39H,7-9,13,17,19,23H2,1-6H3,(H,46,49)(H,47,48)(H,50,54)/t28-,30+,36-,38?,39-/m0/s1. The number of amides is 3. The molecule has 4 aliphatic rings. The van der Waals surface area contributed by atoms with E-state index >= 15 is 0 Å². The number of rotatable bonds is 7. The van der Waals surface area contributed by atoms with Crippen molar-refractivity contribution in [2.45, 2.75) is 103 Å². The molecule has 1 saturated carbocycles. The van der Waals surface area contributed by atoms with Crippen LogP contribution in [-0.4, -0.2) is 79.2 Å². The molecule has 58 heavy (non-hydrogen) atoms. The van der Waals surface area contributed by atoms with E-state index in [-0.39, 0.29) is 36.0 Å². The van der Waals surface area contributed by atoms with Crippen LogP contribution in [0.4, 0.5) is 9.59 Å². The molecule has 2 aromatic heterocycles. The number of hydrogen-bond donors (Lipinski definition) is 3. The van der Waals surface area contributed by atoms with E-state index in [1.54, 1.807) is 0 Å². The van der Waals surface area contributed by atoms with Crippen molar-refractivity contribution in [2.75, 3.05) is 13.7 Å². The average Bonchev–Trinajstić information content (AvgIpc) is 4.06. The fourth-order valence-electron chi connectivity index (χ4n) is 9.45. The first-order valence-electron chi connectivity index (χ1n) is 20.5. The second-order valence-electron chi connectivity index (χ2n) is 17.5. The number of H-pyrrole nitrogens is 2. The van der Waals surface area contributed by atoms with Gasteiger partial charge in [0.1, 0.15) is 35.6 Å². The summed E-state index contributed by atoms with van der Waals surface area (Å²) in [5, 5.41) is 2.71. The van der Waals surface area contributed by atoms with Gasteiger partial charge in [-0.3, -0.25) is 9.69 Å². The zero-order chi connectivity index (χ0) is 40.5. The van der Waals surface area contributed by atoms with Crippen LogP contribution in [0.5, 0.6) is 5.75 Å². The lowest BCUT2D eigenvalue weighted by atomic mass is 9.92. The second kappa shape index (κ2) is 14.5. The smallest absolute Gasteiger partial charge is 0.411 e. The first-order chi connectivity index (χ1) is 27.8. The molecule has 3 aliphatic heterocycles. The number of ether oxygens (including phenoxy) is 3. The highest BCUT2D eigenvalue weighted by Crippen LogP contribution is 2.50. The molecule has 0 spiro atoms. The Morgan fingerprint density at radius 3 is 2.50 bits per heavy atom. The summed E-state index contributed by atoms with van der Waals surface area (Å²) >= 11 is 0. The van der Waals surface area contributed by atoms with E-state index < -0.39 is 17.7 Å². The van der Waals surface area contributed by atoms with Crippen molar-refractivity contribution < 1.29 is 28.6 Å². The number of hydrogen-bond acceptors (Lipinski definition) is 8. The number of alkyl carbamates (subject to hydrolysis) is 1. The maximum Gasteiger partial charge on any atom is 0.411 e. The van der Waals surface area contributed by atoms with Gasteiger partial charge in [0.15, 0.2) is 0 Å². The molecule has 3 fully saturated rings. The predicted molar refractivity (Wildman–Crippen MR) is 219 cm³/mol. The molecule has 3 amide bonds. The Kier molecular flexibility index (Phi) is 9.44. The Bertz CT molecular complexity index is 2410. The minimum absolute atomic E-state index is 0.104. The van der Waals surface area contributed by atoms with Crippen molar-refractivity contribution in [2.24, 2.45) is 11.8 Å². The number of benzene rings is 3. The quantitative estimate of drug-likeness (QED) is 0.148.